The zero-order valence-corrected chi connectivity index (χ0v) is 17.9. The zero-order valence-electron chi connectivity index (χ0n) is 17.9. The molecule has 158 valence electrons. The van der Waals surface area contributed by atoms with Gasteiger partial charge in [0.1, 0.15) is 5.60 Å². The fourth-order valence-corrected chi connectivity index (χ4v) is 9.67. The molecule has 0 bridgehead atoms. The first-order valence-corrected chi connectivity index (χ1v) is 12.2. The van der Waals surface area contributed by atoms with Gasteiger partial charge in [-0.3, -0.25) is 4.79 Å². The summed E-state index contributed by atoms with van der Waals surface area (Å²) in [6, 6.07) is 0. The highest BCUT2D eigenvalue weighted by atomic mass is 16.6. The van der Waals surface area contributed by atoms with Crippen molar-refractivity contribution in [3.8, 4) is 0 Å². The van der Waals surface area contributed by atoms with Crippen LogP contribution < -0.4 is 0 Å². The Kier molecular flexibility index (Phi) is 3.88. The molecule has 0 aromatic rings. The number of hydrogen-bond acceptors (Lipinski definition) is 4. The fraction of sp³-hybridized carbons (Fsp3) is 0.840. The normalized spacial score (nSPS) is 53.7. The SMILES string of the molecule is CC[C@H]1CC2=C/C(=N/O)CC[C@@H]2C2CC[C@@]3(CC)C(C21)[C@H]1C[C@H]1[C@@]31CCC(=O)O1. The van der Waals surface area contributed by atoms with Crippen molar-refractivity contribution in [3.05, 3.63) is 11.6 Å². The Morgan fingerprint density at radius 3 is 2.76 bits per heavy atom. The van der Waals surface area contributed by atoms with Crippen LogP contribution in [0, 0.1) is 46.8 Å². The first-order chi connectivity index (χ1) is 14.1. The molecule has 0 amide bonds. The van der Waals surface area contributed by atoms with Gasteiger partial charge in [-0.2, -0.15) is 0 Å². The Balaban J connectivity index is 1.42. The van der Waals surface area contributed by atoms with Crippen molar-refractivity contribution in [2.75, 3.05) is 0 Å². The lowest BCUT2D eigenvalue weighted by molar-refractivity contribution is -0.182. The molecule has 1 saturated heterocycles. The van der Waals surface area contributed by atoms with Gasteiger partial charge in [-0.1, -0.05) is 31.0 Å². The van der Waals surface area contributed by atoms with E-state index in [1.807, 2.05) is 0 Å². The number of ether oxygens (including phenoxy) is 1. The molecule has 1 heterocycles. The van der Waals surface area contributed by atoms with Crippen molar-refractivity contribution in [2.45, 2.75) is 83.7 Å². The van der Waals surface area contributed by atoms with Crippen molar-refractivity contribution < 1.29 is 14.7 Å². The number of nitrogens with zero attached hydrogens (tertiary/aromatic N) is 1. The molecule has 4 nitrogen and oxygen atoms in total. The van der Waals surface area contributed by atoms with Gasteiger partial charge in [0.15, 0.2) is 0 Å². The Morgan fingerprint density at radius 2 is 2.07 bits per heavy atom. The van der Waals surface area contributed by atoms with Crippen LogP contribution in [0.2, 0.25) is 0 Å². The third-order valence-electron chi connectivity index (χ3n) is 10.6. The third-order valence-corrected chi connectivity index (χ3v) is 10.6. The Morgan fingerprint density at radius 1 is 1.21 bits per heavy atom. The molecule has 9 atom stereocenters. The van der Waals surface area contributed by atoms with E-state index in [0.717, 1.165) is 54.6 Å². The van der Waals surface area contributed by atoms with Crippen molar-refractivity contribution in [1.29, 1.82) is 0 Å². The molecule has 4 heteroatoms. The van der Waals surface area contributed by atoms with Crippen LogP contribution in [0.3, 0.4) is 0 Å². The van der Waals surface area contributed by atoms with E-state index in [1.54, 1.807) is 5.57 Å². The maximum Gasteiger partial charge on any atom is 0.306 e. The van der Waals surface area contributed by atoms with Crippen LogP contribution in [-0.4, -0.2) is 22.5 Å². The van der Waals surface area contributed by atoms with Crippen LogP contribution in [-0.2, 0) is 9.53 Å². The lowest BCUT2D eigenvalue weighted by Crippen LogP contribution is -2.57. The molecule has 0 aromatic heterocycles. The molecule has 1 aliphatic heterocycles. The highest BCUT2D eigenvalue weighted by Gasteiger charge is 2.79. The maximum absolute atomic E-state index is 12.3. The van der Waals surface area contributed by atoms with Crippen LogP contribution in [0.4, 0.5) is 0 Å². The molecular weight excluding hydrogens is 362 g/mol. The predicted octanol–water partition coefficient (Wildman–Crippen LogP) is 5.35. The second kappa shape index (κ2) is 6.11. The lowest BCUT2D eigenvalue weighted by atomic mass is 9.45. The van der Waals surface area contributed by atoms with Crippen LogP contribution in [0.25, 0.3) is 0 Å². The molecular formula is C25H35NO3. The molecule has 0 radical (unpaired) electrons. The van der Waals surface area contributed by atoms with E-state index in [9.17, 15) is 10.0 Å². The van der Waals surface area contributed by atoms with Crippen LogP contribution in [0.15, 0.2) is 16.8 Å². The summed E-state index contributed by atoms with van der Waals surface area (Å²) in [4.78, 5) is 12.3. The van der Waals surface area contributed by atoms with Crippen LogP contribution in [0.1, 0.15) is 78.1 Å². The third kappa shape index (κ3) is 2.16. The molecule has 6 aliphatic rings. The fourth-order valence-electron chi connectivity index (χ4n) is 9.67. The molecule has 6 rings (SSSR count). The summed E-state index contributed by atoms with van der Waals surface area (Å²) in [7, 11) is 0. The minimum absolute atomic E-state index is 0.0651. The molecule has 29 heavy (non-hydrogen) atoms. The highest BCUT2D eigenvalue weighted by molar-refractivity contribution is 5.96. The Hall–Kier alpha value is -1.32. The van der Waals surface area contributed by atoms with E-state index < -0.39 is 0 Å². The van der Waals surface area contributed by atoms with Crippen molar-refractivity contribution in [1.82, 2.24) is 0 Å². The number of carbonyl (C=O) groups excluding carboxylic acids is 1. The number of fused-ring (bicyclic) bond motifs is 9. The first-order valence-electron chi connectivity index (χ1n) is 12.2. The number of carbonyl (C=O) groups is 1. The minimum Gasteiger partial charge on any atom is -0.458 e. The van der Waals surface area contributed by atoms with Crippen molar-refractivity contribution in [2.24, 2.45) is 52.0 Å². The molecule has 4 saturated carbocycles. The van der Waals surface area contributed by atoms with E-state index in [-0.39, 0.29) is 17.0 Å². The van der Waals surface area contributed by atoms with Gasteiger partial charge < -0.3 is 9.94 Å². The van der Waals surface area contributed by atoms with Crippen LogP contribution in [0.5, 0.6) is 0 Å². The number of esters is 1. The minimum atomic E-state index is -0.128. The van der Waals surface area contributed by atoms with Gasteiger partial charge in [-0.25, -0.2) is 0 Å². The molecule has 1 spiro atoms. The summed E-state index contributed by atoms with van der Waals surface area (Å²) in [5, 5.41) is 12.8. The maximum atomic E-state index is 12.3. The number of rotatable bonds is 2. The molecule has 0 aromatic carbocycles. The topological polar surface area (TPSA) is 58.9 Å². The predicted molar refractivity (Wildman–Crippen MR) is 111 cm³/mol. The summed E-state index contributed by atoms with van der Waals surface area (Å²) in [6.45, 7) is 4.76. The van der Waals surface area contributed by atoms with E-state index >= 15 is 0 Å². The van der Waals surface area contributed by atoms with Gasteiger partial charge in [-0.15, -0.1) is 0 Å². The lowest BCUT2D eigenvalue weighted by Gasteiger charge is -2.60. The first kappa shape index (κ1) is 18.4. The van der Waals surface area contributed by atoms with Gasteiger partial charge in [0.2, 0.25) is 0 Å². The molecule has 5 fully saturated rings. The van der Waals surface area contributed by atoms with Gasteiger partial charge >= 0.3 is 5.97 Å². The average molecular weight is 398 g/mol. The highest BCUT2D eigenvalue weighted by Crippen LogP contribution is 2.79. The molecule has 5 aliphatic carbocycles. The quantitative estimate of drug-likeness (QED) is 0.388. The zero-order chi connectivity index (χ0) is 20.0. The Labute approximate surface area is 174 Å². The van der Waals surface area contributed by atoms with Gasteiger partial charge in [0.25, 0.3) is 0 Å². The number of allylic oxidation sites excluding steroid dienone is 2. The second-order valence-electron chi connectivity index (χ2n) is 11.0. The van der Waals surface area contributed by atoms with E-state index in [2.05, 4.69) is 25.1 Å². The van der Waals surface area contributed by atoms with E-state index in [4.69, 9.17) is 4.74 Å². The van der Waals surface area contributed by atoms with Gasteiger partial charge in [-0.05, 0) is 93.0 Å². The van der Waals surface area contributed by atoms with Crippen molar-refractivity contribution in [3.63, 3.8) is 0 Å². The summed E-state index contributed by atoms with van der Waals surface area (Å²) < 4.78 is 6.32. The Bertz CT molecular complexity index is 802. The standard InChI is InChI=1S/C25H35NO3/c1-3-14-11-15-12-16(26-28)5-6-17(15)18-7-9-24(4-2)23(22(14)18)19-13-20(19)25(24)10-8-21(27)29-25/h12,14,17-20,22-23,28H,3-11,13H2,1-2H3/b26-16+/t14-,17-,18?,19-,20+,22?,23?,24-,25-/m0/s1. The summed E-state index contributed by atoms with van der Waals surface area (Å²) in [5.74, 6) is 5.23. The van der Waals surface area contributed by atoms with Gasteiger partial charge in [0.05, 0.1) is 5.71 Å². The smallest absolute Gasteiger partial charge is 0.306 e. The van der Waals surface area contributed by atoms with Gasteiger partial charge in [0, 0.05) is 17.8 Å². The monoisotopic (exact) mass is 397 g/mol. The number of hydrogen-bond donors (Lipinski definition) is 1. The van der Waals surface area contributed by atoms with E-state index in [0.29, 0.717) is 18.3 Å². The summed E-state index contributed by atoms with van der Waals surface area (Å²) in [6.07, 6.45) is 13.3. The average Bonchev–Trinajstić information content (AvgIpc) is 3.40. The summed E-state index contributed by atoms with van der Waals surface area (Å²) >= 11 is 0. The van der Waals surface area contributed by atoms with Crippen LogP contribution >= 0.6 is 0 Å². The second-order valence-corrected chi connectivity index (χ2v) is 11.0. The largest absolute Gasteiger partial charge is 0.458 e. The van der Waals surface area contributed by atoms with E-state index in [1.165, 1.54) is 38.5 Å². The number of oxime groups is 1. The molecule has 1 N–H and O–H groups in total. The van der Waals surface area contributed by atoms with Crippen molar-refractivity contribution >= 4 is 11.7 Å². The summed E-state index contributed by atoms with van der Waals surface area (Å²) in [5.41, 5.74) is 2.54. The molecule has 3 unspecified atom stereocenters.